The van der Waals surface area contributed by atoms with Gasteiger partial charge in [-0.3, -0.25) is 0 Å². The van der Waals surface area contributed by atoms with Crippen molar-refractivity contribution >= 4 is 40.5 Å². The summed E-state index contributed by atoms with van der Waals surface area (Å²) in [7, 11) is 0. The first-order valence-corrected chi connectivity index (χ1v) is 6.37. The quantitative estimate of drug-likeness (QED) is 0.845. The molecule has 1 aromatic heterocycles. The third kappa shape index (κ3) is 1.60. The molecule has 1 aromatic rings. The number of hydrogen-bond acceptors (Lipinski definition) is 4. The molecule has 0 amide bonds. The van der Waals surface area contributed by atoms with Crippen LogP contribution < -0.4 is 5.32 Å². The summed E-state index contributed by atoms with van der Waals surface area (Å²) in [5.41, 5.74) is 1.83. The number of nitrogens with zero attached hydrogens (tertiary/aromatic N) is 2. The van der Waals surface area contributed by atoms with E-state index >= 15 is 0 Å². The van der Waals surface area contributed by atoms with Crippen LogP contribution in [0.1, 0.15) is 25.0 Å². The van der Waals surface area contributed by atoms with Gasteiger partial charge in [0.2, 0.25) is 0 Å². The molecule has 0 aromatic carbocycles. The molecule has 0 aliphatic carbocycles. The molecule has 0 radical (unpaired) electrons. The number of fused-ring (bicyclic) bond motifs is 2. The molecular formula is C9H9Cl2N3S. The van der Waals surface area contributed by atoms with Gasteiger partial charge in [-0.05, 0) is 19.3 Å². The summed E-state index contributed by atoms with van der Waals surface area (Å²) in [6, 6.07) is 0.856. The largest absolute Gasteiger partial charge is 0.307 e. The lowest BCUT2D eigenvalue weighted by atomic mass is 10.0. The smallest absolute Gasteiger partial charge is 0.170 e. The average molecular weight is 262 g/mol. The van der Waals surface area contributed by atoms with Crippen LogP contribution in [0.5, 0.6) is 0 Å². The van der Waals surface area contributed by atoms with E-state index in [0.29, 0.717) is 17.2 Å². The first-order chi connectivity index (χ1) is 7.25. The highest BCUT2D eigenvalue weighted by Gasteiger charge is 2.35. The summed E-state index contributed by atoms with van der Waals surface area (Å²) >= 11 is 13.4. The summed E-state index contributed by atoms with van der Waals surface area (Å²) in [5.74, 6) is 0. The Morgan fingerprint density at radius 1 is 1.27 bits per heavy atom. The molecule has 2 atom stereocenters. The lowest BCUT2D eigenvalue weighted by Crippen LogP contribution is -2.34. The maximum absolute atomic E-state index is 6.29. The van der Waals surface area contributed by atoms with Crippen molar-refractivity contribution in [1.29, 1.82) is 0 Å². The minimum Gasteiger partial charge on any atom is -0.307 e. The molecule has 2 aliphatic heterocycles. The van der Waals surface area contributed by atoms with Crippen LogP contribution in [0.3, 0.4) is 0 Å². The second kappa shape index (κ2) is 3.70. The zero-order valence-corrected chi connectivity index (χ0v) is 10.2. The fourth-order valence-corrected chi connectivity index (χ4v) is 3.51. The van der Waals surface area contributed by atoms with Crippen LogP contribution in [-0.2, 0) is 0 Å². The van der Waals surface area contributed by atoms with E-state index in [2.05, 4.69) is 14.1 Å². The van der Waals surface area contributed by atoms with E-state index < -0.39 is 0 Å². The third-order valence-corrected chi connectivity index (χ3v) is 4.26. The van der Waals surface area contributed by atoms with Crippen molar-refractivity contribution in [2.45, 2.75) is 31.3 Å². The highest BCUT2D eigenvalue weighted by Crippen LogP contribution is 2.40. The topological polar surface area (TPSA) is 37.8 Å². The van der Waals surface area contributed by atoms with E-state index in [-0.39, 0.29) is 0 Å². The Bertz CT molecular complexity index is 429. The molecule has 3 heterocycles. The summed E-state index contributed by atoms with van der Waals surface area (Å²) in [6.45, 7) is 0. The van der Waals surface area contributed by atoms with Crippen molar-refractivity contribution in [2.24, 2.45) is 0 Å². The lowest BCUT2D eigenvalue weighted by Gasteiger charge is -2.23. The molecule has 2 bridgehead atoms. The summed E-state index contributed by atoms with van der Waals surface area (Å²) in [6.07, 6.45) is 3.19. The van der Waals surface area contributed by atoms with Gasteiger partial charge in [-0.2, -0.15) is 8.75 Å². The highest BCUT2D eigenvalue weighted by molar-refractivity contribution is 6.99. The van der Waals surface area contributed by atoms with Crippen molar-refractivity contribution < 1.29 is 0 Å². The minimum atomic E-state index is 0.317. The zero-order chi connectivity index (χ0) is 10.4. The molecule has 3 nitrogen and oxygen atoms in total. The fraction of sp³-hybridized carbons (Fsp3) is 0.556. The SMILES string of the molecule is ClC1=C(c2nsnc2Cl)C2CCC(C1)N2. The van der Waals surface area contributed by atoms with Crippen molar-refractivity contribution in [3.05, 3.63) is 15.9 Å². The molecule has 80 valence electrons. The standard InChI is InChI=1S/C9H9Cl2N3S/c10-5-3-4-1-2-6(12-4)7(5)8-9(11)14-15-13-8/h4,6,12H,1-3H2. The van der Waals surface area contributed by atoms with Crippen LogP contribution in [0.2, 0.25) is 5.15 Å². The molecule has 2 unspecified atom stereocenters. The number of hydrogen-bond donors (Lipinski definition) is 1. The van der Waals surface area contributed by atoms with Gasteiger partial charge in [0, 0.05) is 22.7 Å². The van der Waals surface area contributed by atoms with Gasteiger partial charge in [0.15, 0.2) is 5.15 Å². The first kappa shape index (κ1) is 10.0. The summed E-state index contributed by atoms with van der Waals surface area (Å²) in [4.78, 5) is 0. The van der Waals surface area contributed by atoms with Gasteiger partial charge in [0.05, 0.1) is 11.7 Å². The minimum absolute atomic E-state index is 0.317. The van der Waals surface area contributed by atoms with E-state index in [1.165, 1.54) is 6.42 Å². The van der Waals surface area contributed by atoms with E-state index in [1.807, 2.05) is 0 Å². The zero-order valence-electron chi connectivity index (χ0n) is 7.83. The Labute approximate surface area is 102 Å². The fourth-order valence-electron chi connectivity index (χ4n) is 2.35. The van der Waals surface area contributed by atoms with Crippen molar-refractivity contribution in [3.63, 3.8) is 0 Å². The van der Waals surface area contributed by atoms with E-state index in [0.717, 1.165) is 40.9 Å². The summed E-state index contributed by atoms with van der Waals surface area (Å²) in [5, 5.41) is 4.89. The summed E-state index contributed by atoms with van der Waals surface area (Å²) < 4.78 is 8.21. The molecular weight excluding hydrogens is 253 g/mol. The van der Waals surface area contributed by atoms with Crippen LogP contribution in [0.4, 0.5) is 0 Å². The molecule has 2 aliphatic rings. The van der Waals surface area contributed by atoms with Crippen molar-refractivity contribution in [1.82, 2.24) is 14.1 Å². The number of nitrogens with one attached hydrogen (secondary N) is 1. The Morgan fingerprint density at radius 3 is 2.87 bits per heavy atom. The van der Waals surface area contributed by atoms with E-state index in [1.54, 1.807) is 0 Å². The van der Waals surface area contributed by atoms with Crippen LogP contribution in [0.25, 0.3) is 5.57 Å². The molecule has 1 fully saturated rings. The van der Waals surface area contributed by atoms with E-state index in [9.17, 15) is 0 Å². The van der Waals surface area contributed by atoms with Gasteiger partial charge >= 0.3 is 0 Å². The molecule has 1 N–H and O–H groups in total. The predicted molar refractivity (Wildman–Crippen MR) is 62.3 cm³/mol. The van der Waals surface area contributed by atoms with Crippen molar-refractivity contribution in [3.8, 4) is 0 Å². The molecule has 0 saturated carbocycles. The van der Waals surface area contributed by atoms with Crippen LogP contribution in [0.15, 0.2) is 5.03 Å². The van der Waals surface area contributed by atoms with Gasteiger partial charge in [0.1, 0.15) is 5.69 Å². The van der Waals surface area contributed by atoms with Gasteiger partial charge in [-0.25, -0.2) is 0 Å². The Hall–Kier alpha value is -0.160. The Kier molecular flexibility index (Phi) is 2.47. The monoisotopic (exact) mass is 261 g/mol. The maximum atomic E-state index is 6.29. The highest BCUT2D eigenvalue weighted by atomic mass is 35.5. The second-order valence-electron chi connectivity index (χ2n) is 3.92. The third-order valence-electron chi connectivity index (χ3n) is 3.01. The Balaban J connectivity index is 2.07. The molecule has 0 spiro atoms. The van der Waals surface area contributed by atoms with Crippen LogP contribution >= 0.6 is 34.9 Å². The molecule has 3 rings (SSSR count). The molecule has 15 heavy (non-hydrogen) atoms. The Morgan fingerprint density at radius 2 is 2.13 bits per heavy atom. The van der Waals surface area contributed by atoms with Crippen LogP contribution in [-0.4, -0.2) is 20.8 Å². The second-order valence-corrected chi connectivity index (χ2v) is 5.26. The number of halogens is 2. The molecule has 1 saturated heterocycles. The van der Waals surface area contributed by atoms with Crippen LogP contribution in [0, 0.1) is 0 Å². The predicted octanol–water partition coefficient (Wildman–Crippen LogP) is 2.67. The van der Waals surface area contributed by atoms with E-state index in [4.69, 9.17) is 23.2 Å². The average Bonchev–Trinajstić information content (AvgIpc) is 2.76. The van der Waals surface area contributed by atoms with Gasteiger partial charge < -0.3 is 5.32 Å². The first-order valence-electron chi connectivity index (χ1n) is 4.88. The van der Waals surface area contributed by atoms with Gasteiger partial charge in [-0.1, -0.05) is 23.2 Å². The molecule has 6 heteroatoms. The van der Waals surface area contributed by atoms with Gasteiger partial charge in [0.25, 0.3) is 0 Å². The van der Waals surface area contributed by atoms with Gasteiger partial charge in [-0.15, -0.1) is 0 Å². The normalized spacial score (nSPS) is 30.0. The lowest BCUT2D eigenvalue weighted by molar-refractivity contribution is 0.569. The van der Waals surface area contributed by atoms with Crippen molar-refractivity contribution in [2.75, 3.05) is 0 Å². The number of rotatable bonds is 1. The maximum Gasteiger partial charge on any atom is 0.170 e. The number of aromatic nitrogens is 2.